The van der Waals surface area contributed by atoms with Crippen molar-refractivity contribution in [2.24, 2.45) is 0 Å². The number of hydrogen-bond acceptors (Lipinski definition) is 2. The molecule has 0 atom stereocenters. The van der Waals surface area contributed by atoms with E-state index in [0.717, 1.165) is 59.6 Å². The van der Waals surface area contributed by atoms with E-state index in [9.17, 15) is 13.6 Å². The molecule has 28 heavy (non-hydrogen) atoms. The molecule has 0 bridgehead atoms. The smallest absolute Gasteiger partial charge is 0.227 e. The second kappa shape index (κ2) is 7.19. The molecule has 0 radical (unpaired) electrons. The highest BCUT2D eigenvalue weighted by Gasteiger charge is 2.44. The molecule has 1 fully saturated rings. The molecule has 0 unspecified atom stereocenters. The zero-order valence-electron chi connectivity index (χ0n) is 16.4. The maximum absolute atomic E-state index is 13.9. The molecule has 1 N–H and O–H groups in total. The van der Waals surface area contributed by atoms with Crippen molar-refractivity contribution in [1.29, 1.82) is 0 Å². The van der Waals surface area contributed by atoms with Crippen LogP contribution in [0.3, 0.4) is 0 Å². The van der Waals surface area contributed by atoms with E-state index in [1.807, 2.05) is 19.9 Å². The summed E-state index contributed by atoms with van der Waals surface area (Å²) in [4.78, 5) is 14.5. The minimum absolute atomic E-state index is 0.0624. The number of nitrogens with one attached hydrogen (secondary N) is 1. The number of carbonyl (C=O) groups is 1. The molecule has 0 aromatic heterocycles. The zero-order chi connectivity index (χ0) is 19.9. The molecule has 1 saturated carbocycles. The monoisotopic (exact) mass is 384 g/mol. The number of alkyl halides is 1. The fraction of sp³-hybridized carbons (Fsp3) is 0.435. The zero-order valence-corrected chi connectivity index (χ0v) is 16.4. The number of fused-ring (bicyclic) bond motifs is 1. The van der Waals surface area contributed by atoms with Crippen LogP contribution >= 0.6 is 0 Å². The number of benzene rings is 2. The quantitative estimate of drug-likeness (QED) is 0.783. The second-order valence-corrected chi connectivity index (χ2v) is 8.27. The Morgan fingerprint density at radius 3 is 2.54 bits per heavy atom. The Morgan fingerprint density at radius 1 is 1.14 bits per heavy atom. The van der Waals surface area contributed by atoms with Crippen LogP contribution in [-0.2, 0) is 17.8 Å². The van der Waals surface area contributed by atoms with Crippen LogP contribution in [0, 0.1) is 19.7 Å². The van der Waals surface area contributed by atoms with Crippen LogP contribution in [0.5, 0.6) is 0 Å². The lowest BCUT2D eigenvalue weighted by molar-refractivity contribution is -0.117. The largest absolute Gasteiger partial charge is 0.367 e. The van der Waals surface area contributed by atoms with Gasteiger partial charge in [0.25, 0.3) is 0 Å². The van der Waals surface area contributed by atoms with E-state index in [1.54, 1.807) is 6.07 Å². The molecule has 4 rings (SSSR count). The highest BCUT2D eigenvalue weighted by molar-refractivity contribution is 5.93. The Labute approximate surface area is 164 Å². The summed E-state index contributed by atoms with van der Waals surface area (Å²) in [6.07, 6.45) is 2.74. The van der Waals surface area contributed by atoms with Gasteiger partial charge in [0, 0.05) is 24.5 Å². The van der Waals surface area contributed by atoms with Crippen LogP contribution in [0.25, 0.3) is 0 Å². The van der Waals surface area contributed by atoms with E-state index in [0.29, 0.717) is 12.8 Å². The number of anilines is 2. The van der Waals surface area contributed by atoms with Gasteiger partial charge < -0.3 is 10.2 Å². The van der Waals surface area contributed by atoms with Gasteiger partial charge in [-0.25, -0.2) is 8.78 Å². The molecule has 2 aromatic rings. The Kier molecular flexibility index (Phi) is 4.86. The van der Waals surface area contributed by atoms with Gasteiger partial charge in [0.1, 0.15) is 11.5 Å². The molecule has 1 aliphatic heterocycles. The Morgan fingerprint density at radius 2 is 1.86 bits per heavy atom. The number of nitrogens with zero attached hydrogens (tertiary/aromatic N) is 1. The number of hydrogen-bond donors (Lipinski definition) is 1. The lowest BCUT2D eigenvalue weighted by Gasteiger charge is -2.25. The molecule has 1 aliphatic carbocycles. The summed E-state index contributed by atoms with van der Waals surface area (Å²) in [6.45, 7) is 5.57. The molecule has 1 amide bonds. The third kappa shape index (κ3) is 4.03. The van der Waals surface area contributed by atoms with Gasteiger partial charge in [-0.2, -0.15) is 0 Å². The molecule has 148 valence electrons. The summed E-state index contributed by atoms with van der Waals surface area (Å²) in [6, 6.07) is 9.18. The van der Waals surface area contributed by atoms with Gasteiger partial charge in [-0.05, 0) is 86.1 Å². The van der Waals surface area contributed by atoms with Gasteiger partial charge >= 0.3 is 0 Å². The van der Waals surface area contributed by atoms with Gasteiger partial charge in [-0.1, -0.05) is 6.07 Å². The number of rotatable bonds is 4. The lowest BCUT2D eigenvalue weighted by atomic mass is 10.0. The first-order chi connectivity index (χ1) is 13.3. The number of halogens is 2. The SMILES string of the molecule is Cc1cc(N2CCCc3cc(F)ccc3C2)cc(C)c1NC(=O)CC1(F)CC1. The number of aryl methyl sites for hydroxylation is 3. The van der Waals surface area contributed by atoms with Crippen molar-refractivity contribution in [2.75, 3.05) is 16.8 Å². The summed E-state index contributed by atoms with van der Waals surface area (Å²) in [5.41, 5.74) is 4.75. The second-order valence-electron chi connectivity index (χ2n) is 8.27. The standard InChI is InChI=1S/C23H26F2N2O/c1-15-10-20(11-16(2)22(15)26-21(28)13-23(25)7-8-23)27-9-3-4-17-12-19(24)6-5-18(17)14-27/h5-6,10-12H,3-4,7-9,13-14H2,1-2H3,(H,26,28). The molecule has 3 nitrogen and oxygen atoms in total. The molecule has 1 heterocycles. The van der Waals surface area contributed by atoms with E-state index < -0.39 is 5.67 Å². The molecule has 0 spiro atoms. The van der Waals surface area contributed by atoms with Crippen LogP contribution in [0.4, 0.5) is 20.2 Å². The van der Waals surface area contributed by atoms with Crippen molar-refractivity contribution >= 4 is 17.3 Å². The topological polar surface area (TPSA) is 32.3 Å². The average Bonchev–Trinajstić information content (AvgIpc) is 3.39. The Bertz CT molecular complexity index is 898. The summed E-state index contributed by atoms with van der Waals surface area (Å²) < 4.78 is 27.4. The fourth-order valence-corrected chi connectivity index (χ4v) is 4.05. The van der Waals surface area contributed by atoms with Crippen molar-refractivity contribution < 1.29 is 13.6 Å². The van der Waals surface area contributed by atoms with Crippen LogP contribution < -0.4 is 10.2 Å². The molecule has 0 saturated heterocycles. The van der Waals surface area contributed by atoms with Crippen molar-refractivity contribution in [3.8, 4) is 0 Å². The van der Waals surface area contributed by atoms with Gasteiger partial charge in [-0.3, -0.25) is 4.79 Å². The Hall–Kier alpha value is -2.43. The molecular formula is C23H26F2N2O. The summed E-state index contributed by atoms with van der Waals surface area (Å²) in [7, 11) is 0. The fourth-order valence-electron chi connectivity index (χ4n) is 4.05. The molecule has 2 aliphatic rings. The van der Waals surface area contributed by atoms with Crippen molar-refractivity contribution in [3.05, 3.63) is 58.4 Å². The van der Waals surface area contributed by atoms with Crippen LogP contribution in [0.15, 0.2) is 30.3 Å². The minimum atomic E-state index is -1.29. The maximum atomic E-state index is 13.9. The number of amides is 1. The van der Waals surface area contributed by atoms with Gasteiger partial charge in [0.2, 0.25) is 5.91 Å². The summed E-state index contributed by atoms with van der Waals surface area (Å²) >= 11 is 0. The Balaban J connectivity index is 1.54. The lowest BCUT2D eigenvalue weighted by Crippen LogP contribution is -2.23. The van der Waals surface area contributed by atoms with E-state index in [4.69, 9.17) is 0 Å². The third-order valence-electron chi connectivity index (χ3n) is 5.82. The van der Waals surface area contributed by atoms with Crippen LogP contribution in [-0.4, -0.2) is 18.1 Å². The van der Waals surface area contributed by atoms with E-state index >= 15 is 0 Å². The minimum Gasteiger partial charge on any atom is -0.367 e. The predicted molar refractivity (Wildman–Crippen MR) is 108 cm³/mol. The normalized spacial score (nSPS) is 17.6. The average molecular weight is 384 g/mol. The third-order valence-corrected chi connectivity index (χ3v) is 5.82. The van der Waals surface area contributed by atoms with E-state index in [2.05, 4.69) is 22.3 Å². The first-order valence-corrected chi connectivity index (χ1v) is 9.95. The van der Waals surface area contributed by atoms with E-state index in [1.165, 1.54) is 6.07 Å². The van der Waals surface area contributed by atoms with Crippen molar-refractivity contribution in [3.63, 3.8) is 0 Å². The molecule has 5 heteroatoms. The first kappa shape index (κ1) is 18.9. The van der Waals surface area contributed by atoms with Gasteiger partial charge in [-0.15, -0.1) is 0 Å². The van der Waals surface area contributed by atoms with Crippen molar-refractivity contribution in [1.82, 2.24) is 0 Å². The van der Waals surface area contributed by atoms with Crippen LogP contribution in [0.2, 0.25) is 0 Å². The van der Waals surface area contributed by atoms with Crippen molar-refractivity contribution in [2.45, 2.75) is 58.2 Å². The van der Waals surface area contributed by atoms with Gasteiger partial charge in [0.05, 0.1) is 6.42 Å². The molecular weight excluding hydrogens is 358 g/mol. The van der Waals surface area contributed by atoms with E-state index in [-0.39, 0.29) is 18.1 Å². The van der Waals surface area contributed by atoms with Crippen LogP contribution in [0.1, 0.15) is 47.9 Å². The maximum Gasteiger partial charge on any atom is 0.227 e. The van der Waals surface area contributed by atoms with Gasteiger partial charge in [0.15, 0.2) is 0 Å². The highest BCUT2D eigenvalue weighted by atomic mass is 19.1. The molecule has 2 aromatic carbocycles. The highest BCUT2D eigenvalue weighted by Crippen LogP contribution is 2.43. The number of carbonyl (C=O) groups excluding carboxylic acids is 1. The summed E-state index contributed by atoms with van der Waals surface area (Å²) in [5.74, 6) is -0.440. The summed E-state index contributed by atoms with van der Waals surface area (Å²) in [5, 5.41) is 2.90. The predicted octanol–water partition coefficient (Wildman–Crippen LogP) is 5.23. The first-order valence-electron chi connectivity index (χ1n) is 9.95.